The summed E-state index contributed by atoms with van der Waals surface area (Å²) < 4.78 is 6.13. The third-order valence-electron chi connectivity index (χ3n) is 3.47. The van der Waals surface area contributed by atoms with Crippen LogP contribution in [0, 0.1) is 0 Å². The maximum absolute atomic E-state index is 12.4. The van der Waals surface area contributed by atoms with E-state index in [4.69, 9.17) is 21.7 Å². The highest BCUT2D eigenvalue weighted by Gasteiger charge is 2.31. The Hall–Kier alpha value is -1.86. The number of thiocarbonyl (C=S) groups is 1. The molecule has 0 aliphatic carbocycles. The predicted octanol–water partition coefficient (Wildman–Crippen LogP) is 4.16. The minimum absolute atomic E-state index is 0.128. The largest absolute Gasteiger partial charge is 0.481 e. The molecule has 0 atom stereocenters. The molecule has 2 rings (SSSR count). The molecule has 1 aliphatic rings. The van der Waals surface area contributed by atoms with Crippen LogP contribution in [0.25, 0.3) is 11.6 Å². The maximum Gasteiger partial charge on any atom is 0.303 e. The molecule has 0 unspecified atom stereocenters. The number of allylic oxidation sites excluding steroid dienone is 1. The van der Waals surface area contributed by atoms with E-state index in [1.165, 1.54) is 11.8 Å². The highest BCUT2D eigenvalue weighted by molar-refractivity contribution is 8.26. The first kappa shape index (κ1) is 18.5. The van der Waals surface area contributed by atoms with Crippen molar-refractivity contribution in [3.05, 3.63) is 35.1 Å². The van der Waals surface area contributed by atoms with Gasteiger partial charge in [0.15, 0.2) is 0 Å². The zero-order chi connectivity index (χ0) is 17.7. The highest BCUT2D eigenvalue weighted by Crippen LogP contribution is 2.33. The molecule has 0 radical (unpaired) electrons. The van der Waals surface area contributed by atoms with Gasteiger partial charge in [-0.15, -0.1) is 0 Å². The van der Waals surface area contributed by atoms with E-state index < -0.39 is 5.97 Å². The van der Waals surface area contributed by atoms with E-state index in [0.29, 0.717) is 33.7 Å². The number of carbonyl (C=O) groups is 2. The number of carboxylic acids is 1. The van der Waals surface area contributed by atoms with Gasteiger partial charge in [0.2, 0.25) is 0 Å². The molecule has 1 aromatic heterocycles. The Morgan fingerprint density at radius 3 is 2.79 bits per heavy atom. The van der Waals surface area contributed by atoms with Crippen molar-refractivity contribution in [2.45, 2.75) is 32.6 Å². The van der Waals surface area contributed by atoms with Crippen LogP contribution in [0.3, 0.4) is 0 Å². The van der Waals surface area contributed by atoms with E-state index in [1.54, 1.807) is 17.0 Å². The van der Waals surface area contributed by atoms with Crippen molar-refractivity contribution >= 4 is 51.8 Å². The van der Waals surface area contributed by atoms with Gasteiger partial charge in [-0.1, -0.05) is 37.0 Å². The summed E-state index contributed by atoms with van der Waals surface area (Å²) in [6.45, 7) is 6.18. The highest BCUT2D eigenvalue weighted by atomic mass is 32.2. The Balaban J connectivity index is 1.93. The normalized spacial score (nSPS) is 16.2. The Labute approximate surface area is 150 Å². The number of rotatable bonds is 8. The summed E-state index contributed by atoms with van der Waals surface area (Å²) in [5, 5.41) is 8.61. The number of carboxylic acid groups (broad SMARTS) is 1. The van der Waals surface area contributed by atoms with Crippen LogP contribution in [0.1, 0.15) is 44.1 Å². The second-order valence-corrected chi connectivity index (χ2v) is 7.20. The predicted molar refractivity (Wildman–Crippen MR) is 99.4 cm³/mol. The number of thioether (sulfide) groups is 1. The first-order chi connectivity index (χ1) is 11.4. The van der Waals surface area contributed by atoms with Gasteiger partial charge in [0.1, 0.15) is 15.8 Å². The van der Waals surface area contributed by atoms with Crippen molar-refractivity contribution in [3.8, 4) is 0 Å². The average molecular weight is 365 g/mol. The van der Waals surface area contributed by atoms with Crippen LogP contribution in [0.15, 0.2) is 28.0 Å². The molecule has 1 fully saturated rings. The zero-order valence-electron chi connectivity index (χ0n) is 13.4. The van der Waals surface area contributed by atoms with Crippen LogP contribution < -0.4 is 0 Å². The van der Waals surface area contributed by atoms with E-state index in [1.807, 2.05) is 13.0 Å². The number of nitrogens with zero attached hydrogens (tertiary/aromatic N) is 1. The molecule has 1 saturated heterocycles. The molecule has 1 N–H and O–H groups in total. The smallest absolute Gasteiger partial charge is 0.303 e. The van der Waals surface area contributed by atoms with Crippen LogP contribution >= 0.6 is 24.0 Å². The summed E-state index contributed by atoms with van der Waals surface area (Å²) in [6, 6.07) is 3.61. The first-order valence-electron chi connectivity index (χ1n) is 7.61. The number of hydrogen-bond acceptors (Lipinski definition) is 5. The van der Waals surface area contributed by atoms with Crippen LogP contribution in [0.2, 0.25) is 0 Å². The summed E-state index contributed by atoms with van der Waals surface area (Å²) in [6.07, 6.45) is 3.93. The van der Waals surface area contributed by atoms with Gasteiger partial charge in [-0.05, 0) is 37.5 Å². The number of furan rings is 1. The van der Waals surface area contributed by atoms with Crippen molar-refractivity contribution in [1.82, 2.24) is 4.90 Å². The Morgan fingerprint density at radius 2 is 2.17 bits per heavy atom. The summed E-state index contributed by atoms with van der Waals surface area (Å²) in [5.74, 6) is 0.359. The second kappa shape index (κ2) is 8.30. The van der Waals surface area contributed by atoms with E-state index in [0.717, 1.165) is 18.4 Å². The van der Waals surface area contributed by atoms with Crippen LogP contribution in [-0.4, -0.2) is 32.7 Å². The molecular weight excluding hydrogens is 346 g/mol. The van der Waals surface area contributed by atoms with Gasteiger partial charge >= 0.3 is 5.97 Å². The lowest BCUT2D eigenvalue weighted by Gasteiger charge is -2.13. The number of carbonyl (C=O) groups excluding carboxylic acids is 1. The van der Waals surface area contributed by atoms with Crippen LogP contribution in [-0.2, 0) is 9.59 Å². The Kier molecular flexibility index (Phi) is 6.39. The molecule has 7 heteroatoms. The monoisotopic (exact) mass is 365 g/mol. The fraction of sp³-hybridized carbons (Fsp3) is 0.353. The molecule has 0 saturated carbocycles. The summed E-state index contributed by atoms with van der Waals surface area (Å²) in [5.41, 5.74) is 0.823. The molecule has 2 heterocycles. The van der Waals surface area contributed by atoms with E-state index in [2.05, 4.69) is 6.58 Å². The lowest BCUT2D eigenvalue weighted by atomic mass is 10.2. The van der Waals surface area contributed by atoms with Gasteiger partial charge in [-0.25, -0.2) is 0 Å². The summed E-state index contributed by atoms with van der Waals surface area (Å²) >= 11 is 6.52. The van der Waals surface area contributed by atoms with Gasteiger partial charge < -0.3 is 9.52 Å². The SMILES string of the molecule is C=C(C)c1ccc(/C=C2\SC(=S)N(CCCCCC(=O)O)C2=O)o1. The number of hydrogen-bond donors (Lipinski definition) is 1. The molecule has 1 aliphatic heterocycles. The summed E-state index contributed by atoms with van der Waals surface area (Å²) in [4.78, 5) is 25.0. The minimum atomic E-state index is -0.795. The third-order valence-corrected chi connectivity index (χ3v) is 4.84. The van der Waals surface area contributed by atoms with Gasteiger partial charge in [0, 0.05) is 19.0 Å². The first-order valence-corrected chi connectivity index (χ1v) is 8.84. The minimum Gasteiger partial charge on any atom is -0.481 e. The lowest BCUT2D eigenvalue weighted by Crippen LogP contribution is -2.29. The van der Waals surface area contributed by atoms with Crippen molar-refractivity contribution in [1.29, 1.82) is 0 Å². The van der Waals surface area contributed by atoms with Gasteiger partial charge in [-0.2, -0.15) is 0 Å². The van der Waals surface area contributed by atoms with Crippen LogP contribution in [0.4, 0.5) is 0 Å². The third kappa shape index (κ3) is 4.82. The molecular formula is C17H19NO4S2. The molecule has 0 spiro atoms. The fourth-order valence-electron chi connectivity index (χ4n) is 2.20. The van der Waals surface area contributed by atoms with Crippen LogP contribution in [0.5, 0.6) is 0 Å². The Bertz CT molecular complexity index is 705. The van der Waals surface area contributed by atoms with Crippen molar-refractivity contribution in [2.24, 2.45) is 0 Å². The van der Waals surface area contributed by atoms with Gasteiger partial charge in [-0.3, -0.25) is 14.5 Å². The number of aliphatic carboxylic acids is 1. The Morgan fingerprint density at radius 1 is 1.42 bits per heavy atom. The fourth-order valence-corrected chi connectivity index (χ4v) is 3.49. The van der Waals surface area contributed by atoms with E-state index in [-0.39, 0.29) is 12.3 Å². The van der Waals surface area contributed by atoms with Gasteiger partial charge in [0.05, 0.1) is 4.91 Å². The molecule has 1 aromatic rings. The number of amides is 1. The standard InChI is InChI=1S/C17H19NO4S2/c1-11(2)13-8-7-12(22-13)10-14-16(21)18(17(23)24-14)9-5-3-4-6-15(19)20/h7-8,10H,1,3-6,9H2,2H3,(H,19,20)/b14-10-. The average Bonchev–Trinajstić information content (AvgIpc) is 3.07. The molecule has 24 heavy (non-hydrogen) atoms. The second-order valence-electron chi connectivity index (χ2n) is 5.52. The lowest BCUT2D eigenvalue weighted by molar-refractivity contribution is -0.137. The zero-order valence-corrected chi connectivity index (χ0v) is 15.0. The van der Waals surface area contributed by atoms with E-state index >= 15 is 0 Å². The summed E-state index contributed by atoms with van der Waals surface area (Å²) in [7, 11) is 0. The molecule has 5 nitrogen and oxygen atoms in total. The van der Waals surface area contributed by atoms with Gasteiger partial charge in [0.25, 0.3) is 5.91 Å². The molecule has 1 amide bonds. The topological polar surface area (TPSA) is 70.8 Å². The number of unbranched alkanes of at least 4 members (excludes halogenated alkanes) is 2. The molecule has 0 aromatic carbocycles. The molecule has 128 valence electrons. The van der Waals surface area contributed by atoms with Crippen molar-refractivity contribution in [2.75, 3.05) is 6.54 Å². The maximum atomic E-state index is 12.4. The quantitative estimate of drug-likeness (QED) is 0.424. The van der Waals surface area contributed by atoms with Crippen molar-refractivity contribution in [3.63, 3.8) is 0 Å². The molecule has 0 bridgehead atoms. The van der Waals surface area contributed by atoms with E-state index in [9.17, 15) is 9.59 Å². The van der Waals surface area contributed by atoms with Crippen molar-refractivity contribution < 1.29 is 19.1 Å².